The molecule has 2 nitrogen and oxygen atoms in total. The van der Waals surface area contributed by atoms with Crippen LogP contribution in [0.5, 0.6) is 0 Å². The molecule has 48 heavy (non-hydrogen) atoms. The summed E-state index contributed by atoms with van der Waals surface area (Å²) in [6, 6.07) is 50.1. The lowest BCUT2D eigenvalue weighted by Gasteiger charge is -2.34. The number of para-hydroxylation sites is 1. The van der Waals surface area contributed by atoms with Crippen molar-refractivity contribution in [2.75, 3.05) is 0 Å². The number of hydrogen-bond acceptors (Lipinski definition) is 1. The Bertz CT molecular complexity index is 2580. The quantitative estimate of drug-likeness (QED) is 0.182. The first-order chi connectivity index (χ1) is 23.6. The lowest BCUT2D eigenvalue weighted by atomic mass is 9.68. The van der Waals surface area contributed by atoms with E-state index in [2.05, 4.69) is 169 Å². The van der Waals surface area contributed by atoms with Crippen LogP contribution in [0, 0.1) is 0 Å². The predicted molar refractivity (Wildman–Crippen MR) is 203 cm³/mol. The molecule has 2 heterocycles. The maximum atomic E-state index is 6.71. The van der Waals surface area contributed by atoms with Crippen LogP contribution in [0.15, 0.2) is 169 Å². The van der Waals surface area contributed by atoms with E-state index in [0.29, 0.717) is 0 Å². The van der Waals surface area contributed by atoms with Crippen LogP contribution in [-0.2, 0) is 5.41 Å². The zero-order valence-electron chi connectivity index (χ0n) is 27.0. The zero-order chi connectivity index (χ0) is 32.2. The number of nitrogens with zero attached hydrogens (tertiary/aromatic N) is 1. The Labute approximate surface area is 280 Å². The molecule has 6 aromatic carbocycles. The Morgan fingerprint density at radius 1 is 0.688 bits per heavy atom. The fourth-order valence-corrected chi connectivity index (χ4v) is 7.86. The molecule has 2 aromatic heterocycles. The molecule has 0 saturated heterocycles. The van der Waals surface area contributed by atoms with Gasteiger partial charge in [0.1, 0.15) is 11.2 Å². The molecule has 9 rings (SSSR count). The molecule has 1 unspecified atom stereocenters. The molecule has 0 N–H and O–H groups in total. The van der Waals surface area contributed by atoms with E-state index in [9.17, 15) is 0 Å². The Kier molecular flexibility index (Phi) is 6.58. The lowest BCUT2D eigenvalue weighted by molar-refractivity contribution is 0.667. The van der Waals surface area contributed by atoms with E-state index in [1.165, 1.54) is 44.1 Å². The van der Waals surface area contributed by atoms with Crippen molar-refractivity contribution in [2.45, 2.75) is 25.2 Å². The van der Waals surface area contributed by atoms with Crippen LogP contribution in [0.2, 0.25) is 0 Å². The Morgan fingerprint density at radius 2 is 1.46 bits per heavy atom. The van der Waals surface area contributed by atoms with E-state index in [1.807, 2.05) is 0 Å². The summed E-state index contributed by atoms with van der Waals surface area (Å²) < 4.78 is 9.09. The van der Waals surface area contributed by atoms with E-state index in [-0.39, 0.29) is 0 Å². The van der Waals surface area contributed by atoms with Gasteiger partial charge in [0.25, 0.3) is 0 Å². The van der Waals surface area contributed by atoms with E-state index < -0.39 is 5.41 Å². The molecular weight excluding hydrogens is 583 g/mol. The first-order valence-corrected chi connectivity index (χ1v) is 16.8. The highest BCUT2D eigenvalue weighted by Crippen LogP contribution is 2.48. The van der Waals surface area contributed by atoms with Gasteiger partial charge in [-0.1, -0.05) is 122 Å². The summed E-state index contributed by atoms with van der Waals surface area (Å²) >= 11 is 0. The van der Waals surface area contributed by atoms with E-state index in [1.54, 1.807) is 0 Å². The molecule has 230 valence electrons. The van der Waals surface area contributed by atoms with Crippen LogP contribution in [0.3, 0.4) is 0 Å². The molecule has 0 spiro atoms. The van der Waals surface area contributed by atoms with Gasteiger partial charge in [0.05, 0.1) is 11.0 Å². The van der Waals surface area contributed by atoms with Crippen molar-refractivity contribution in [1.29, 1.82) is 0 Å². The molecule has 0 radical (unpaired) electrons. The first kappa shape index (κ1) is 28.4. The second kappa shape index (κ2) is 11.1. The van der Waals surface area contributed by atoms with Crippen LogP contribution in [-0.4, -0.2) is 4.57 Å². The Hall–Kier alpha value is -5.86. The first-order valence-electron chi connectivity index (χ1n) is 16.8. The van der Waals surface area contributed by atoms with Crippen LogP contribution in [0.4, 0.5) is 0 Å². The van der Waals surface area contributed by atoms with Gasteiger partial charge < -0.3 is 8.98 Å². The molecular formula is C46H35NO. The Balaban J connectivity index is 1.24. The predicted octanol–water partition coefficient (Wildman–Crippen LogP) is 12.4. The van der Waals surface area contributed by atoms with Crippen molar-refractivity contribution in [3.63, 3.8) is 0 Å². The second-order valence-corrected chi connectivity index (χ2v) is 13.0. The topological polar surface area (TPSA) is 18.1 Å². The smallest absolute Gasteiger partial charge is 0.137 e. The molecule has 0 amide bonds. The molecule has 0 fully saturated rings. The number of rotatable bonds is 6. The summed E-state index contributed by atoms with van der Waals surface area (Å²) in [4.78, 5) is 0. The number of allylic oxidation sites excluding steroid dienone is 5. The average molecular weight is 618 g/mol. The molecule has 0 aliphatic heterocycles. The highest BCUT2D eigenvalue weighted by Gasteiger charge is 2.35. The molecule has 0 saturated carbocycles. The maximum Gasteiger partial charge on any atom is 0.137 e. The number of fused-ring (bicyclic) bond motifs is 6. The van der Waals surface area contributed by atoms with Gasteiger partial charge >= 0.3 is 0 Å². The van der Waals surface area contributed by atoms with Gasteiger partial charge in [-0.25, -0.2) is 0 Å². The highest BCUT2D eigenvalue weighted by atomic mass is 16.3. The van der Waals surface area contributed by atoms with E-state index >= 15 is 0 Å². The summed E-state index contributed by atoms with van der Waals surface area (Å²) in [6.07, 6.45) is 8.85. The third kappa shape index (κ3) is 4.33. The number of hydrogen-bond donors (Lipinski definition) is 0. The standard InChI is InChI=1S/C46H35NO/c1-31(32-15-6-3-7-16-32)46(2,35-19-10-5-11-20-35)40-22-14-24-43-45(40)38-27-26-36(30-44(38)48-43)47-41-23-13-12-21-37(41)39-29-34(25-28-42(39)47)33-17-8-4-9-18-33/h3-8,10-17,19-30H,1,9,18H2,2H3. The van der Waals surface area contributed by atoms with Gasteiger partial charge in [0.15, 0.2) is 0 Å². The summed E-state index contributed by atoms with van der Waals surface area (Å²) in [5.74, 6) is 0. The lowest BCUT2D eigenvalue weighted by Crippen LogP contribution is -2.25. The second-order valence-electron chi connectivity index (χ2n) is 13.0. The van der Waals surface area contributed by atoms with Crippen LogP contribution in [0.25, 0.3) is 60.6 Å². The Morgan fingerprint density at radius 3 is 2.27 bits per heavy atom. The summed E-state index contributed by atoms with van der Waals surface area (Å²) in [6.45, 7) is 7.02. The van der Waals surface area contributed by atoms with Crippen molar-refractivity contribution in [1.82, 2.24) is 4.57 Å². The fraction of sp³-hybridized carbons (Fsp3) is 0.0870. The van der Waals surface area contributed by atoms with Gasteiger partial charge in [-0.3, -0.25) is 0 Å². The molecule has 0 bridgehead atoms. The average Bonchev–Trinajstić information content (AvgIpc) is 3.70. The van der Waals surface area contributed by atoms with Gasteiger partial charge in [-0.15, -0.1) is 0 Å². The normalized spacial score (nSPS) is 14.5. The SMILES string of the molecule is C=C(c1ccccc1)C(C)(c1ccccc1)c1cccc2oc3cc(-n4c5ccccc5c5cc(C6=CC=CCC6)ccc54)ccc3c12. The van der Waals surface area contributed by atoms with Gasteiger partial charge in [-0.2, -0.15) is 0 Å². The largest absolute Gasteiger partial charge is 0.456 e. The number of furan rings is 1. The van der Waals surface area contributed by atoms with Gasteiger partial charge in [0, 0.05) is 38.7 Å². The van der Waals surface area contributed by atoms with Crippen LogP contribution in [0.1, 0.15) is 42.0 Å². The van der Waals surface area contributed by atoms with Crippen molar-refractivity contribution in [3.05, 3.63) is 187 Å². The number of benzene rings is 6. The molecule has 1 atom stereocenters. The monoisotopic (exact) mass is 617 g/mol. The van der Waals surface area contributed by atoms with Crippen LogP contribution < -0.4 is 0 Å². The van der Waals surface area contributed by atoms with Gasteiger partial charge in [0.2, 0.25) is 0 Å². The molecule has 1 aliphatic rings. The fourth-order valence-electron chi connectivity index (χ4n) is 7.86. The minimum atomic E-state index is -0.494. The highest BCUT2D eigenvalue weighted by molar-refractivity contribution is 6.12. The maximum absolute atomic E-state index is 6.71. The zero-order valence-corrected chi connectivity index (χ0v) is 27.0. The van der Waals surface area contributed by atoms with E-state index in [4.69, 9.17) is 11.0 Å². The van der Waals surface area contributed by atoms with E-state index in [0.717, 1.165) is 51.6 Å². The van der Waals surface area contributed by atoms with Crippen molar-refractivity contribution in [3.8, 4) is 5.69 Å². The third-order valence-corrected chi connectivity index (χ3v) is 10.4. The summed E-state index contributed by atoms with van der Waals surface area (Å²) in [5.41, 5.74) is 12.0. The third-order valence-electron chi connectivity index (χ3n) is 10.4. The summed E-state index contributed by atoms with van der Waals surface area (Å²) in [5, 5.41) is 4.76. The van der Waals surface area contributed by atoms with Crippen molar-refractivity contribution >= 4 is 54.9 Å². The molecule has 1 aliphatic carbocycles. The number of aromatic nitrogens is 1. The van der Waals surface area contributed by atoms with Crippen molar-refractivity contribution in [2.24, 2.45) is 0 Å². The summed E-state index contributed by atoms with van der Waals surface area (Å²) in [7, 11) is 0. The van der Waals surface area contributed by atoms with Gasteiger partial charge in [-0.05, 0) is 89.6 Å². The molecule has 2 heteroatoms. The molecule has 8 aromatic rings. The van der Waals surface area contributed by atoms with Crippen molar-refractivity contribution < 1.29 is 4.42 Å². The minimum Gasteiger partial charge on any atom is -0.456 e. The minimum absolute atomic E-state index is 0.494. The van der Waals surface area contributed by atoms with Crippen LogP contribution >= 0.6 is 0 Å².